The van der Waals surface area contributed by atoms with Gasteiger partial charge in [0.1, 0.15) is 18.0 Å². The molecule has 2 aromatic carbocycles. The number of benzene rings is 2. The van der Waals surface area contributed by atoms with Crippen LogP contribution in [0.4, 0.5) is 4.39 Å². The molecule has 8 heteroatoms. The normalized spacial score (nSPS) is 29.3. The van der Waals surface area contributed by atoms with Crippen LogP contribution in [0.5, 0.6) is 0 Å². The lowest BCUT2D eigenvalue weighted by atomic mass is 9.74. The van der Waals surface area contributed by atoms with E-state index in [-0.39, 0.29) is 35.8 Å². The number of nitrogens with one attached hydrogen (secondary N) is 3. The zero-order valence-electron chi connectivity index (χ0n) is 26.6. The van der Waals surface area contributed by atoms with E-state index in [4.69, 9.17) is 4.84 Å². The van der Waals surface area contributed by atoms with Gasteiger partial charge < -0.3 is 5.32 Å². The molecule has 1 amide bonds. The monoisotopic (exact) mass is 615 g/mol. The van der Waals surface area contributed by atoms with Crippen LogP contribution in [0.1, 0.15) is 113 Å². The molecule has 4 aliphatic rings. The number of hydroxylamine groups is 1. The summed E-state index contributed by atoms with van der Waals surface area (Å²) >= 11 is 0. The van der Waals surface area contributed by atoms with Gasteiger partial charge in [0, 0.05) is 25.0 Å². The summed E-state index contributed by atoms with van der Waals surface area (Å²) in [7, 11) is 0. The van der Waals surface area contributed by atoms with E-state index in [0.717, 1.165) is 31.2 Å². The molecule has 7 nitrogen and oxygen atoms in total. The highest BCUT2D eigenvalue weighted by Crippen LogP contribution is 2.43. The third-order valence-corrected chi connectivity index (χ3v) is 10.9. The van der Waals surface area contributed by atoms with Gasteiger partial charge in [-0.1, -0.05) is 94.5 Å². The fraction of sp³-hybridized carbons (Fsp3) is 0.622. The molecule has 0 spiro atoms. The SMILES string of the molecule is N#Cc1ccc(F)cc1CN1NCC(NC(=O)C2NOC(c3ccccc3)C2C2CCCCCCC2)C1C1CCCCCCC1. The summed E-state index contributed by atoms with van der Waals surface area (Å²) in [5.74, 6) is 0.542. The van der Waals surface area contributed by atoms with Crippen LogP contribution in [0, 0.1) is 34.9 Å². The summed E-state index contributed by atoms with van der Waals surface area (Å²) in [5, 5.41) is 15.4. The first-order chi connectivity index (χ1) is 22.1. The van der Waals surface area contributed by atoms with Crippen LogP contribution in [0.3, 0.4) is 0 Å². The van der Waals surface area contributed by atoms with E-state index in [2.05, 4.69) is 51.6 Å². The second-order valence-electron chi connectivity index (χ2n) is 13.8. The summed E-state index contributed by atoms with van der Waals surface area (Å²) in [4.78, 5) is 20.6. The Morgan fingerprint density at radius 2 is 1.56 bits per heavy atom. The number of hydrogen-bond donors (Lipinski definition) is 3. The minimum absolute atomic E-state index is 0.00783. The molecule has 2 heterocycles. The predicted molar refractivity (Wildman–Crippen MR) is 173 cm³/mol. The molecule has 2 saturated heterocycles. The number of rotatable bonds is 7. The molecule has 2 aliphatic heterocycles. The molecule has 2 saturated carbocycles. The van der Waals surface area contributed by atoms with Crippen molar-refractivity contribution >= 4 is 5.91 Å². The molecule has 5 unspecified atom stereocenters. The van der Waals surface area contributed by atoms with Gasteiger partial charge in [0.2, 0.25) is 5.91 Å². The van der Waals surface area contributed by atoms with Crippen molar-refractivity contribution in [3.05, 3.63) is 71.0 Å². The summed E-state index contributed by atoms with van der Waals surface area (Å²) in [5.41, 5.74) is 9.07. The Labute approximate surface area is 268 Å². The third-order valence-electron chi connectivity index (χ3n) is 10.9. The number of carbonyl (C=O) groups excluding carboxylic acids is 1. The number of nitrogens with zero attached hydrogens (tertiary/aromatic N) is 2. The smallest absolute Gasteiger partial charge is 0.240 e. The second kappa shape index (κ2) is 15.6. The third kappa shape index (κ3) is 7.77. The summed E-state index contributed by atoms with van der Waals surface area (Å²) in [6, 6.07) is 16.5. The maximum Gasteiger partial charge on any atom is 0.240 e. The lowest BCUT2D eigenvalue weighted by Gasteiger charge is -2.36. The van der Waals surface area contributed by atoms with Gasteiger partial charge in [-0.3, -0.25) is 15.1 Å². The van der Waals surface area contributed by atoms with Crippen LogP contribution in [-0.2, 0) is 16.2 Å². The molecule has 5 atom stereocenters. The number of carbonyl (C=O) groups is 1. The number of nitriles is 1. The zero-order chi connectivity index (χ0) is 31.0. The molecule has 0 aromatic heterocycles. The number of halogens is 1. The van der Waals surface area contributed by atoms with Gasteiger partial charge in [-0.25, -0.2) is 9.40 Å². The van der Waals surface area contributed by atoms with E-state index in [9.17, 15) is 14.4 Å². The first-order valence-corrected chi connectivity index (χ1v) is 17.6. The van der Waals surface area contributed by atoms with E-state index >= 15 is 0 Å². The van der Waals surface area contributed by atoms with Gasteiger partial charge in [0.25, 0.3) is 0 Å². The number of hydrogen-bond acceptors (Lipinski definition) is 6. The molecule has 45 heavy (non-hydrogen) atoms. The van der Waals surface area contributed by atoms with Gasteiger partial charge >= 0.3 is 0 Å². The van der Waals surface area contributed by atoms with E-state index < -0.39 is 6.04 Å². The first kappa shape index (κ1) is 32.1. The Bertz CT molecular complexity index is 1290. The van der Waals surface area contributed by atoms with Crippen LogP contribution >= 0.6 is 0 Å². The Balaban J connectivity index is 1.24. The molecule has 0 bridgehead atoms. The highest BCUT2D eigenvalue weighted by Gasteiger charge is 2.48. The van der Waals surface area contributed by atoms with Gasteiger partial charge in [-0.15, -0.1) is 0 Å². The minimum atomic E-state index is -0.430. The van der Waals surface area contributed by atoms with Gasteiger partial charge in [-0.05, 0) is 66.8 Å². The maximum atomic E-state index is 14.4. The standard InChI is InChI=1S/C37H50FN5O2/c38-31-21-20-29(23-39)30(22-31)25-43-35(27-16-10-5-2-6-11-17-27)32(24-40-43)41-37(44)34-33(26-14-8-3-1-4-9-15-26)36(45-42-34)28-18-12-7-13-19-28/h7,12-13,18-22,26-27,32-36,40,42H,1-6,8-11,14-17,24-25H2,(H,41,44). The molecule has 2 aliphatic carbocycles. The lowest BCUT2D eigenvalue weighted by Crippen LogP contribution is -2.55. The van der Waals surface area contributed by atoms with Crippen LogP contribution in [0.25, 0.3) is 0 Å². The fourth-order valence-electron chi connectivity index (χ4n) is 8.66. The molecule has 4 fully saturated rings. The Hall–Kier alpha value is -2.83. The maximum absolute atomic E-state index is 14.4. The van der Waals surface area contributed by atoms with Gasteiger partial charge in [0.05, 0.1) is 17.7 Å². The molecule has 6 rings (SSSR count). The number of hydrazine groups is 1. The Morgan fingerprint density at radius 3 is 2.22 bits per heavy atom. The highest BCUT2D eigenvalue weighted by atomic mass is 19.1. The van der Waals surface area contributed by atoms with Crippen molar-refractivity contribution in [3.8, 4) is 6.07 Å². The first-order valence-electron chi connectivity index (χ1n) is 17.6. The van der Waals surface area contributed by atoms with Crippen molar-refractivity contribution in [2.75, 3.05) is 6.54 Å². The summed E-state index contributed by atoms with van der Waals surface area (Å²) in [6.07, 6.45) is 16.7. The molecular weight excluding hydrogens is 565 g/mol. The van der Waals surface area contributed by atoms with Gasteiger partial charge in [0.15, 0.2) is 0 Å². The van der Waals surface area contributed by atoms with Crippen LogP contribution in [0.2, 0.25) is 0 Å². The van der Waals surface area contributed by atoms with Crippen LogP contribution < -0.4 is 16.2 Å². The lowest BCUT2D eigenvalue weighted by molar-refractivity contribution is -0.126. The quantitative estimate of drug-likeness (QED) is 0.316. The van der Waals surface area contributed by atoms with Crippen molar-refractivity contribution in [1.82, 2.24) is 21.2 Å². The van der Waals surface area contributed by atoms with Crippen molar-refractivity contribution in [2.45, 2.75) is 121 Å². The summed E-state index contributed by atoms with van der Waals surface area (Å²) < 4.78 is 14.3. The topological polar surface area (TPSA) is 89.4 Å². The van der Waals surface area contributed by atoms with Crippen LogP contribution in [-0.4, -0.2) is 35.6 Å². The molecule has 2 aromatic rings. The van der Waals surface area contributed by atoms with E-state index in [0.29, 0.717) is 36.1 Å². The highest BCUT2D eigenvalue weighted by molar-refractivity contribution is 5.83. The van der Waals surface area contributed by atoms with Crippen molar-refractivity contribution < 1.29 is 14.0 Å². The predicted octanol–water partition coefficient (Wildman–Crippen LogP) is 6.85. The molecule has 3 N–H and O–H groups in total. The van der Waals surface area contributed by atoms with Crippen molar-refractivity contribution in [1.29, 1.82) is 5.26 Å². The average Bonchev–Trinajstić information content (AvgIpc) is 3.62. The van der Waals surface area contributed by atoms with E-state index in [1.54, 1.807) is 6.07 Å². The molecule has 0 radical (unpaired) electrons. The minimum Gasteiger partial charge on any atom is -0.349 e. The average molecular weight is 616 g/mol. The van der Waals surface area contributed by atoms with E-state index in [1.807, 2.05) is 6.07 Å². The largest absolute Gasteiger partial charge is 0.349 e. The van der Waals surface area contributed by atoms with Crippen molar-refractivity contribution in [3.63, 3.8) is 0 Å². The van der Waals surface area contributed by atoms with E-state index in [1.165, 1.54) is 76.3 Å². The molecular formula is C37H50FN5O2. The number of amides is 1. The molecule has 242 valence electrons. The van der Waals surface area contributed by atoms with Crippen LogP contribution in [0.15, 0.2) is 48.5 Å². The summed E-state index contributed by atoms with van der Waals surface area (Å²) in [6.45, 7) is 1.02. The fourth-order valence-corrected chi connectivity index (χ4v) is 8.66. The Morgan fingerprint density at radius 1 is 0.911 bits per heavy atom. The van der Waals surface area contributed by atoms with Crippen molar-refractivity contribution in [2.24, 2.45) is 17.8 Å². The van der Waals surface area contributed by atoms with Gasteiger partial charge in [-0.2, -0.15) is 10.7 Å². The second-order valence-corrected chi connectivity index (χ2v) is 13.8. The zero-order valence-corrected chi connectivity index (χ0v) is 26.6. The Kier molecular flexibility index (Phi) is 11.2.